The molecule has 5 heteroatoms. The molecule has 0 saturated carbocycles. The van der Waals surface area contributed by atoms with Crippen LogP contribution in [0.5, 0.6) is 0 Å². The number of benzene rings is 1. The summed E-state index contributed by atoms with van der Waals surface area (Å²) in [6, 6.07) is 2.74. The SMILES string of the molecule is Cc1cc([N+](=O)[O-])cc(N)c1S. The van der Waals surface area contributed by atoms with Gasteiger partial charge in [0.1, 0.15) is 0 Å². The zero-order valence-corrected chi connectivity index (χ0v) is 7.34. The minimum absolute atomic E-state index is 0.00259. The first-order valence-electron chi connectivity index (χ1n) is 3.26. The number of anilines is 1. The van der Waals surface area contributed by atoms with Crippen LogP contribution in [0, 0.1) is 17.0 Å². The monoisotopic (exact) mass is 184 g/mol. The van der Waals surface area contributed by atoms with Crippen LogP contribution in [0.3, 0.4) is 0 Å². The molecule has 4 nitrogen and oxygen atoms in total. The fraction of sp³-hybridized carbons (Fsp3) is 0.143. The van der Waals surface area contributed by atoms with E-state index in [0.717, 1.165) is 0 Å². The topological polar surface area (TPSA) is 69.2 Å². The number of nitrogens with two attached hydrogens (primary N) is 1. The molecular formula is C7H8N2O2S. The molecule has 0 aliphatic heterocycles. The third-order valence-corrected chi connectivity index (χ3v) is 2.14. The third kappa shape index (κ3) is 1.50. The van der Waals surface area contributed by atoms with E-state index in [-0.39, 0.29) is 5.69 Å². The average Bonchev–Trinajstić information content (AvgIpc) is 1.99. The van der Waals surface area contributed by atoms with E-state index in [1.165, 1.54) is 12.1 Å². The fourth-order valence-electron chi connectivity index (χ4n) is 0.893. The standard InChI is InChI=1S/C7H8N2O2S/c1-4-2-5(9(10)11)3-6(8)7(4)12/h2-3,12H,8H2,1H3. The molecule has 64 valence electrons. The summed E-state index contributed by atoms with van der Waals surface area (Å²) in [6.07, 6.45) is 0. The molecule has 1 aromatic rings. The highest BCUT2D eigenvalue weighted by atomic mass is 32.1. The Balaban J connectivity index is 3.31. The van der Waals surface area contributed by atoms with E-state index in [4.69, 9.17) is 5.73 Å². The predicted octanol–water partition coefficient (Wildman–Crippen LogP) is 1.77. The number of nitrogens with zero attached hydrogens (tertiary/aromatic N) is 1. The van der Waals surface area contributed by atoms with Gasteiger partial charge < -0.3 is 5.73 Å². The fourth-order valence-corrected chi connectivity index (χ4v) is 1.02. The Hall–Kier alpha value is -1.23. The van der Waals surface area contributed by atoms with Crippen LogP contribution in [0.4, 0.5) is 11.4 Å². The van der Waals surface area contributed by atoms with Gasteiger partial charge in [0.2, 0.25) is 0 Å². The van der Waals surface area contributed by atoms with Crippen molar-refractivity contribution >= 4 is 24.0 Å². The quantitative estimate of drug-likeness (QED) is 0.302. The number of nitrogen functional groups attached to an aromatic ring is 1. The summed E-state index contributed by atoms with van der Waals surface area (Å²) in [6.45, 7) is 1.73. The van der Waals surface area contributed by atoms with Crippen molar-refractivity contribution in [3.8, 4) is 0 Å². The first kappa shape index (κ1) is 8.86. The second-order valence-corrected chi connectivity index (χ2v) is 2.90. The van der Waals surface area contributed by atoms with Crippen molar-refractivity contribution in [2.24, 2.45) is 0 Å². The molecule has 0 atom stereocenters. The highest BCUT2D eigenvalue weighted by Crippen LogP contribution is 2.26. The first-order chi connectivity index (χ1) is 5.52. The average molecular weight is 184 g/mol. The summed E-state index contributed by atoms with van der Waals surface area (Å²) in [5, 5.41) is 10.3. The van der Waals surface area contributed by atoms with E-state index in [1.54, 1.807) is 6.92 Å². The van der Waals surface area contributed by atoms with E-state index < -0.39 is 4.92 Å². The molecule has 12 heavy (non-hydrogen) atoms. The molecule has 0 fully saturated rings. The van der Waals surface area contributed by atoms with E-state index >= 15 is 0 Å². The predicted molar refractivity (Wildman–Crippen MR) is 49.5 cm³/mol. The second kappa shape index (κ2) is 3.02. The van der Waals surface area contributed by atoms with Crippen LogP contribution in [0.15, 0.2) is 17.0 Å². The molecule has 1 rings (SSSR count). The number of thiol groups is 1. The summed E-state index contributed by atoms with van der Waals surface area (Å²) in [5.41, 5.74) is 6.53. The number of hydrogen-bond donors (Lipinski definition) is 2. The lowest BCUT2D eigenvalue weighted by atomic mass is 10.2. The highest BCUT2D eigenvalue weighted by Gasteiger charge is 2.09. The molecule has 0 aromatic heterocycles. The molecule has 0 unspecified atom stereocenters. The number of aryl methyl sites for hydroxylation is 1. The lowest BCUT2D eigenvalue weighted by molar-refractivity contribution is -0.384. The zero-order chi connectivity index (χ0) is 9.30. The number of non-ortho nitro benzene ring substituents is 1. The van der Waals surface area contributed by atoms with Crippen molar-refractivity contribution in [1.29, 1.82) is 0 Å². The Morgan fingerprint density at radius 1 is 1.58 bits per heavy atom. The summed E-state index contributed by atoms with van der Waals surface area (Å²) >= 11 is 4.08. The molecular weight excluding hydrogens is 176 g/mol. The Kier molecular flexibility index (Phi) is 2.23. The third-order valence-electron chi connectivity index (χ3n) is 1.53. The van der Waals surface area contributed by atoms with Crippen LogP contribution in [-0.4, -0.2) is 4.92 Å². The Labute approximate surface area is 74.9 Å². The minimum Gasteiger partial charge on any atom is -0.398 e. The van der Waals surface area contributed by atoms with Crippen LogP contribution in [0.1, 0.15) is 5.56 Å². The van der Waals surface area contributed by atoms with Gasteiger partial charge in [0.15, 0.2) is 0 Å². The Bertz CT molecular complexity index is 315. The van der Waals surface area contributed by atoms with Crippen molar-refractivity contribution in [2.75, 3.05) is 5.73 Å². The van der Waals surface area contributed by atoms with Gasteiger partial charge >= 0.3 is 0 Å². The first-order valence-corrected chi connectivity index (χ1v) is 3.70. The highest BCUT2D eigenvalue weighted by molar-refractivity contribution is 7.80. The lowest BCUT2D eigenvalue weighted by Gasteiger charge is -2.01. The van der Waals surface area contributed by atoms with Crippen molar-refractivity contribution in [2.45, 2.75) is 11.8 Å². The molecule has 0 saturated heterocycles. The molecule has 0 aliphatic rings. The number of rotatable bonds is 1. The Morgan fingerprint density at radius 2 is 2.17 bits per heavy atom. The van der Waals surface area contributed by atoms with Crippen LogP contribution in [0.25, 0.3) is 0 Å². The summed E-state index contributed by atoms with van der Waals surface area (Å²) in [4.78, 5) is 10.5. The van der Waals surface area contributed by atoms with Crippen LogP contribution in [-0.2, 0) is 0 Å². The van der Waals surface area contributed by atoms with Gasteiger partial charge in [-0.05, 0) is 12.5 Å². The maximum Gasteiger partial charge on any atom is 0.271 e. The number of hydrogen-bond acceptors (Lipinski definition) is 4. The van der Waals surface area contributed by atoms with E-state index in [9.17, 15) is 10.1 Å². The Morgan fingerprint density at radius 3 is 2.58 bits per heavy atom. The maximum atomic E-state index is 10.3. The van der Waals surface area contributed by atoms with Gasteiger partial charge in [-0.3, -0.25) is 10.1 Å². The van der Waals surface area contributed by atoms with Gasteiger partial charge in [0.25, 0.3) is 5.69 Å². The van der Waals surface area contributed by atoms with Crippen molar-refractivity contribution < 1.29 is 4.92 Å². The second-order valence-electron chi connectivity index (χ2n) is 2.46. The van der Waals surface area contributed by atoms with Crippen LogP contribution < -0.4 is 5.73 Å². The molecule has 1 aromatic carbocycles. The molecule has 2 N–H and O–H groups in total. The molecule has 0 amide bonds. The normalized spacial score (nSPS) is 9.83. The van der Waals surface area contributed by atoms with Crippen molar-refractivity contribution in [1.82, 2.24) is 0 Å². The molecule has 0 aliphatic carbocycles. The maximum absolute atomic E-state index is 10.3. The van der Waals surface area contributed by atoms with Crippen molar-refractivity contribution in [3.63, 3.8) is 0 Å². The summed E-state index contributed by atoms with van der Waals surface area (Å²) in [7, 11) is 0. The van der Waals surface area contributed by atoms with E-state index in [2.05, 4.69) is 12.6 Å². The summed E-state index contributed by atoms with van der Waals surface area (Å²) < 4.78 is 0. The van der Waals surface area contributed by atoms with Gasteiger partial charge in [0.05, 0.1) is 10.6 Å². The molecule has 0 radical (unpaired) electrons. The number of nitro groups is 1. The number of nitro benzene ring substituents is 1. The molecule has 0 bridgehead atoms. The van der Waals surface area contributed by atoms with Crippen molar-refractivity contribution in [3.05, 3.63) is 27.8 Å². The molecule has 0 heterocycles. The minimum atomic E-state index is -0.476. The van der Waals surface area contributed by atoms with Gasteiger partial charge in [-0.15, -0.1) is 12.6 Å². The van der Waals surface area contributed by atoms with Gasteiger partial charge in [-0.2, -0.15) is 0 Å². The lowest BCUT2D eigenvalue weighted by Crippen LogP contribution is -1.94. The van der Waals surface area contributed by atoms with Gasteiger partial charge in [-0.1, -0.05) is 0 Å². The van der Waals surface area contributed by atoms with Crippen LogP contribution in [0.2, 0.25) is 0 Å². The van der Waals surface area contributed by atoms with Gasteiger partial charge in [-0.25, -0.2) is 0 Å². The zero-order valence-electron chi connectivity index (χ0n) is 6.44. The van der Waals surface area contributed by atoms with E-state index in [0.29, 0.717) is 16.1 Å². The van der Waals surface area contributed by atoms with Gasteiger partial charge in [0, 0.05) is 17.0 Å². The largest absolute Gasteiger partial charge is 0.398 e. The molecule has 0 spiro atoms. The van der Waals surface area contributed by atoms with Crippen LogP contribution >= 0.6 is 12.6 Å². The van der Waals surface area contributed by atoms with E-state index in [1.807, 2.05) is 0 Å². The smallest absolute Gasteiger partial charge is 0.271 e. The summed E-state index contributed by atoms with van der Waals surface area (Å²) in [5.74, 6) is 0.